The first-order valence-corrected chi connectivity index (χ1v) is 6.18. The summed E-state index contributed by atoms with van der Waals surface area (Å²) in [7, 11) is 4.29. The van der Waals surface area contributed by atoms with Crippen LogP contribution in [0.1, 0.15) is 32.3 Å². The van der Waals surface area contributed by atoms with Crippen molar-refractivity contribution in [2.45, 2.75) is 33.1 Å². The third-order valence-electron chi connectivity index (χ3n) is 3.17. The zero-order valence-corrected chi connectivity index (χ0v) is 11.2. The maximum atomic E-state index is 2.37. The van der Waals surface area contributed by atoms with Gasteiger partial charge in [0.2, 0.25) is 0 Å². The van der Waals surface area contributed by atoms with Gasteiger partial charge in [0.15, 0.2) is 0 Å². The van der Waals surface area contributed by atoms with Gasteiger partial charge in [-0.15, -0.1) is 0 Å². The Morgan fingerprint density at radius 2 is 1.62 bits per heavy atom. The van der Waals surface area contributed by atoms with E-state index in [0.29, 0.717) is 5.41 Å². The van der Waals surface area contributed by atoms with E-state index in [1.165, 1.54) is 31.4 Å². The van der Waals surface area contributed by atoms with E-state index in [9.17, 15) is 0 Å². The minimum absolute atomic E-state index is 0.445. The predicted molar refractivity (Wildman–Crippen MR) is 71.7 cm³/mol. The number of aryl methyl sites for hydroxylation is 1. The van der Waals surface area contributed by atoms with Crippen molar-refractivity contribution < 1.29 is 0 Å². The Morgan fingerprint density at radius 3 is 2.19 bits per heavy atom. The van der Waals surface area contributed by atoms with Gasteiger partial charge in [-0.25, -0.2) is 0 Å². The second-order valence-electron chi connectivity index (χ2n) is 5.70. The van der Waals surface area contributed by atoms with Gasteiger partial charge in [-0.2, -0.15) is 0 Å². The minimum atomic E-state index is 0.445. The van der Waals surface area contributed by atoms with Crippen LogP contribution in [0.2, 0.25) is 0 Å². The smallest absolute Gasteiger partial charge is 0.00197 e. The molecule has 1 aromatic rings. The summed E-state index contributed by atoms with van der Waals surface area (Å²) in [5.41, 5.74) is 1.90. The Bertz CT molecular complexity index is 288. The quantitative estimate of drug-likeness (QED) is 0.706. The summed E-state index contributed by atoms with van der Waals surface area (Å²) in [6, 6.07) is 10.8. The molecule has 0 aromatic heterocycles. The lowest BCUT2D eigenvalue weighted by Gasteiger charge is -2.26. The molecule has 1 rings (SSSR count). The van der Waals surface area contributed by atoms with Crippen LogP contribution in [0.3, 0.4) is 0 Å². The lowest BCUT2D eigenvalue weighted by molar-refractivity contribution is 0.258. The molecule has 0 aliphatic rings. The van der Waals surface area contributed by atoms with Crippen LogP contribution in [0.25, 0.3) is 0 Å². The molecular formula is C15H25N. The highest BCUT2D eigenvalue weighted by Gasteiger charge is 2.17. The minimum Gasteiger partial charge on any atom is -0.309 e. The molecule has 0 heterocycles. The highest BCUT2D eigenvalue weighted by atomic mass is 15.0. The van der Waals surface area contributed by atoms with E-state index < -0.39 is 0 Å². The average Bonchev–Trinajstić information content (AvgIpc) is 2.26. The van der Waals surface area contributed by atoms with Crippen LogP contribution in [-0.2, 0) is 6.42 Å². The summed E-state index contributed by atoms with van der Waals surface area (Å²) >= 11 is 0. The van der Waals surface area contributed by atoms with Gasteiger partial charge in [0, 0.05) is 0 Å². The Balaban J connectivity index is 2.36. The first-order chi connectivity index (χ1) is 7.49. The van der Waals surface area contributed by atoms with Gasteiger partial charge in [0.05, 0.1) is 0 Å². The van der Waals surface area contributed by atoms with Gasteiger partial charge >= 0.3 is 0 Å². The van der Waals surface area contributed by atoms with Crippen LogP contribution in [0.4, 0.5) is 0 Å². The van der Waals surface area contributed by atoms with Gasteiger partial charge in [-0.05, 0) is 50.9 Å². The lowest BCUT2D eigenvalue weighted by atomic mass is 9.83. The van der Waals surface area contributed by atoms with E-state index >= 15 is 0 Å². The fraction of sp³-hybridized carbons (Fsp3) is 0.600. The molecule has 0 amide bonds. The molecule has 0 aliphatic heterocycles. The molecular weight excluding hydrogens is 194 g/mol. The molecule has 90 valence electrons. The van der Waals surface area contributed by atoms with E-state index in [0.717, 1.165) is 0 Å². The zero-order valence-electron chi connectivity index (χ0n) is 11.2. The van der Waals surface area contributed by atoms with Gasteiger partial charge in [0.1, 0.15) is 0 Å². The SMILES string of the molecule is CN(C)CCC(C)(C)CCc1ccccc1. The highest BCUT2D eigenvalue weighted by Crippen LogP contribution is 2.26. The lowest BCUT2D eigenvalue weighted by Crippen LogP contribution is -2.22. The summed E-state index contributed by atoms with van der Waals surface area (Å²) < 4.78 is 0. The van der Waals surface area contributed by atoms with Crippen LogP contribution in [0, 0.1) is 5.41 Å². The fourth-order valence-electron chi connectivity index (χ4n) is 1.78. The second kappa shape index (κ2) is 6.05. The molecule has 0 spiro atoms. The molecule has 0 bridgehead atoms. The predicted octanol–water partition coefficient (Wildman–Crippen LogP) is 3.60. The van der Waals surface area contributed by atoms with Crippen molar-refractivity contribution in [3.63, 3.8) is 0 Å². The maximum absolute atomic E-state index is 2.37. The molecule has 0 atom stereocenters. The van der Waals surface area contributed by atoms with Crippen LogP contribution >= 0.6 is 0 Å². The highest BCUT2D eigenvalue weighted by molar-refractivity contribution is 5.14. The van der Waals surface area contributed by atoms with Gasteiger partial charge in [-0.1, -0.05) is 44.2 Å². The Morgan fingerprint density at radius 1 is 1.00 bits per heavy atom. The molecule has 1 aromatic carbocycles. The molecule has 0 fully saturated rings. The van der Waals surface area contributed by atoms with Crippen molar-refractivity contribution >= 4 is 0 Å². The van der Waals surface area contributed by atoms with Crippen molar-refractivity contribution in [2.75, 3.05) is 20.6 Å². The Hall–Kier alpha value is -0.820. The second-order valence-corrected chi connectivity index (χ2v) is 5.70. The molecule has 0 aliphatic carbocycles. The van der Waals surface area contributed by atoms with Crippen LogP contribution < -0.4 is 0 Å². The fourth-order valence-corrected chi connectivity index (χ4v) is 1.78. The standard InChI is InChI=1S/C15H25N/c1-15(2,12-13-16(3)4)11-10-14-8-6-5-7-9-14/h5-9H,10-13H2,1-4H3. The molecule has 0 radical (unpaired) electrons. The summed E-state index contributed by atoms with van der Waals surface area (Å²) in [5.74, 6) is 0. The molecule has 0 saturated carbocycles. The molecule has 1 heteroatoms. The number of nitrogens with zero attached hydrogens (tertiary/aromatic N) is 1. The first-order valence-electron chi connectivity index (χ1n) is 6.18. The Labute approximate surface area is 100 Å². The maximum Gasteiger partial charge on any atom is -0.00197 e. The largest absolute Gasteiger partial charge is 0.309 e. The van der Waals surface area contributed by atoms with E-state index in [2.05, 4.69) is 63.2 Å². The van der Waals surface area contributed by atoms with E-state index in [-0.39, 0.29) is 0 Å². The van der Waals surface area contributed by atoms with E-state index in [4.69, 9.17) is 0 Å². The molecule has 0 unspecified atom stereocenters. The number of rotatable bonds is 6. The van der Waals surface area contributed by atoms with Crippen LogP contribution in [0.5, 0.6) is 0 Å². The third kappa shape index (κ3) is 5.32. The zero-order chi connectivity index (χ0) is 12.0. The molecule has 0 N–H and O–H groups in total. The summed E-state index contributed by atoms with van der Waals surface area (Å²) in [6.45, 7) is 5.93. The van der Waals surface area contributed by atoms with Gasteiger partial charge in [0.25, 0.3) is 0 Å². The summed E-state index contributed by atoms with van der Waals surface area (Å²) in [5, 5.41) is 0. The van der Waals surface area contributed by atoms with Crippen molar-refractivity contribution in [3.05, 3.63) is 35.9 Å². The van der Waals surface area contributed by atoms with Crippen molar-refractivity contribution in [2.24, 2.45) is 5.41 Å². The average molecular weight is 219 g/mol. The number of benzene rings is 1. The third-order valence-corrected chi connectivity index (χ3v) is 3.17. The van der Waals surface area contributed by atoms with Crippen LogP contribution in [-0.4, -0.2) is 25.5 Å². The molecule has 1 nitrogen and oxygen atoms in total. The van der Waals surface area contributed by atoms with Crippen molar-refractivity contribution in [1.82, 2.24) is 4.90 Å². The topological polar surface area (TPSA) is 3.24 Å². The molecule has 16 heavy (non-hydrogen) atoms. The van der Waals surface area contributed by atoms with Crippen molar-refractivity contribution in [3.8, 4) is 0 Å². The van der Waals surface area contributed by atoms with Gasteiger partial charge in [-0.3, -0.25) is 0 Å². The molecule has 0 saturated heterocycles. The van der Waals surface area contributed by atoms with Crippen LogP contribution in [0.15, 0.2) is 30.3 Å². The number of hydrogen-bond donors (Lipinski definition) is 0. The van der Waals surface area contributed by atoms with Crippen molar-refractivity contribution in [1.29, 1.82) is 0 Å². The van der Waals surface area contributed by atoms with Gasteiger partial charge < -0.3 is 4.90 Å². The van der Waals surface area contributed by atoms with E-state index in [1.54, 1.807) is 0 Å². The Kier molecular flexibility index (Phi) is 5.01. The summed E-state index contributed by atoms with van der Waals surface area (Å²) in [6.07, 6.45) is 3.74. The van der Waals surface area contributed by atoms with E-state index in [1.807, 2.05) is 0 Å². The summed E-state index contributed by atoms with van der Waals surface area (Å²) in [4.78, 5) is 2.27. The number of hydrogen-bond acceptors (Lipinski definition) is 1. The monoisotopic (exact) mass is 219 g/mol. The normalized spacial score (nSPS) is 12.1. The first kappa shape index (κ1) is 13.2.